The highest BCUT2D eigenvalue weighted by Crippen LogP contribution is 2.44. The van der Waals surface area contributed by atoms with E-state index >= 15 is 0 Å². The lowest BCUT2D eigenvalue weighted by Gasteiger charge is -2.31. The Kier molecular flexibility index (Phi) is 6.81. The number of hydrogen-bond donors (Lipinski definition) is 2. The van der Waals surface area contributed by atoms with Crippen LogP contribution in [0.15, 0.2) is 48.5 Å². The van der Waals surface area contributed by atoms with E-state index in [-0.39, 0.29) is 24.9 Å². The van der Waals surface area contributed by atoms with Crippen LogP contribution in [0.25, 0.3) is 11.1 Å². The number of nitrogens with one attached hydrogen (secondary N) is 1. The molecule has 0 aliphatic heterocycles. The number of rotatable bonds is 7. The first-order valence-corrected chi connectivity index (χ1v) is 11.0. The molecule has 1 amide bonds. The van der Waals surface area contributed by atoms with Crippen molar-refractivity contribution < 1.29 is 29.0 Å². The predicted molar refractivity (Wildman–Crippen MR) is 124 cm³/mol. The second kappa shape index (κ2) is 9.25. The molecule has 1 aliphatic rings. The molecule has 0 saturated heterocycles. The maximum atomic E-state index is 13.3. The van der Waals surface area contributed by atoms with Gasteiger partial charge in [0.15, 0.2) is 0 Å². The molecule has 0 bridgehead atoms. The van der Waals surface area contributed by atoms with Crippen LogP contribution in [0.3, 0.4) is 0 Å². The molecule has 2 N–H and O–H groups in total. The number of fused-ring (bicyclic) bond motifs is 3. The van der Waals surface area contributed by atoms with Crippen LogP contribution in [-0.2, 0) is 19.1 Å². The van der Waals surface area contributed by atoms with Gasteiger partial charge in [0.1, 0.15) is 12.2 Å². The second-order valence-electron chi connectivity index (χ2n) is 9.76. The molecule has 2 aromatic carbocycles. The van der Waals surface area contributed by atoms with Crippen LogP contribution in [-0.4, -0.2) is 40.9 Å². The molecular formula is C26H31NO6. The molecule has 0 saturated carbocycles. The van der Waals surface area contributed by atoms with Gasteiger partial charge in [-0.05, 0) is 55.4 Å². The maximum absolute atomic E-state index is 13.3. The Hall–Kier alpha value is -3.35. The third-order valence-electron chi connectivity index (χ3n) is 5.49. The molecule has 2 aromatic rings. The van der Waals surface area contributed by atoms with Crippen molar-refractivity contribution in [2.24, 2.45) is 5.92 Å². The van der Waals surface area contributed by atoms with Gasteiger partial charge in [0.2, 0.25) is 5.54 Å². The number of carboxylic acid groups (broad SMARTS) is 1. The van der Waals surface area contributed by atoms with Gasteiger partial charge in [-0.1, -0.05) is 62.4 Å². The number of alkyl carbamates (subject to hydrolysis) is 1. The van der Waals surface area contributed by atoms with Crippen molar-refractivity contribution in [3.05, 3.63) is 59.7 Å². The zero-order chi connectivity index (χ0) is 24.4. The Morgan fingerprint density at radius 3 is 1.94 bits per heavy atom. The van der Waals surface area contributed by atoms with E-state index in [0.29, 0.717) is 0 Å². The normalized spacial score (nSPS) is 14.7. The Bertz CT molecular complexity index is 1010. The van der Waals surface area contributed by atoms with Crippen LogP contribution in [0.1, 0.15) is 58.1 Å². The number of carbonyl (C=O) groups excluding carboxylic acids is 2. The molecule has 0 aromatic heterocycles. The molecule has 0 fully saturated rings. The van der Waals surface area contributed by atoms with Crippen LogP contribution >= 0.6 is 0 Å². The molecule has 176 valence electrons. The lowest BCUT2D eigenvalue weighted by atomic mass is 9.88. The van der Waals surface area contributed by atoms with E-state index in [1.165, 1.54) is 0 Å². The minimum absolute atomic E-state index is 0.0457. The van der Waals surface area contributed by atoms with Crippen molar-refractivity contribution in [3.63, 3.8) is 0 Å². The summed E-state index contributed by atoms with van der Waals surface area (Å²) >= 11 is 0. The van der Waals surface area contributed by atoms with Crippen LogP contribution in [0.4, 0.5) is 4.79 Å². The van der Waals surface area contributed by atoms with Crippen molar-refractivity contribution in [2.75, 3.05) is 6.61 Å². The molecule has 0 spiro atoms. The van der Waals surface area contributed by atoms with Gasteiger partial charge in [-0.2, -0.15) is 0 Å². The minimum atomic E-state index is -2.26. The Morgan fingerprint density at radius 2 is 1.48 bits per heavy atom. The first-order chi connectivity index (χ1) is 15.4. The van der Waals surface area contributed by atoms with Crippen LogP contribution in [0.5, 0.6) is 0 Å². The molecule has 0 radical (unpaired) electrons. The third-order valence-corrected chi connectivity index (χ3v) is 5.49. The van der Waals surface area contributed by atoms with Crippen LogP contribution < -0.4 is 5.32 Å². The number of amides is 1. The summed E-state index contributed by atoms with van der Waals surface area (Å²) in [5, 5.41) is 12.3. The Balaban J connectivity index is 1.87. The van der Waals surface area contributed by atoms with E-state index in [1.54, 1.807) is 34.6 Å². The quantitative estimate of drug-likeness (QED) is 0.464. The van der Waals surface area contributed by atoms with Gasteiger partial charge >= 0.3 is 18.0 Å². The largest absolute Gasteiger partial charge is 0.479 e. The predicted octanol–water partition coefficient (Wildman–Crippen LogP) is 4.74. The molecule has 7 nitrogen and oxygen atoms in total. The number of hydrogen-bond acceptors (Lipinski definition) is 5. The highest BCUT2D eigenvalue weighted by atomic mass is 16.6. The third kappa shape index (κ3) is 5.18. The van der Waals surface area contributed by atoms with Crippen LogP contribution in [0.2, 0.25) is 0 Å². The molecule has 3 rings (SSSR count). The average molecular weight is 454 g/mol. The van der Waals surface area contributed by atoms with Gasteiger partial charge in [0, 0.05) is 5.92 Å². The summed E-state index contributed by atoms with van der Waals surface area (Å²) in [7, 11) is 0. The van der Waals surface area contributed by atoms with Gasteiger partial charge in [-0.3, -0.25) is 5.32 Å². The first kappa shape index (κ1) is 24.3. The standard InChI is InChI=1S/C26H31NO6/c1-16(2)14-26(22(28)29,27-24(31)33-25(3,4)5)23(30)32-15-21-19-12-8-6-10-17(19)18-11-7-9-13-20(18)21/h6-13,16,21H,14-15H2,1-5H3,(H,27,31)(H,28,29)/t26-/m0/s1. The number of benzene rings is 2. The second-order valence-corrected chi connectivity index (χ2v) is 9.76. The smallest absolute Gasteiger partial charge is 0.409 e. The summed E-state index contributed by atoms with van der Waals surface area (Å²) in [4.78, 5) is 38.0. The lowest BCUT2D eigenvalue weighted by Crippen LogP contribution is -2.62. The van der Waals surface area contributed by atoms with Gasteiger partial charge < -0.3 is 14.6 Å². The van der Waals surface area contributed by atoms with Crippen molar-refractivity contribution in [1.29, 1.82) is 0 Å². The van der Waals surface area contributed by atoms with Gasteiger partial charge in [0.25, 0.3) is 0 Å². The fraction of sp³-hybridized carbons (Fsp3) is 0.423. The van der Waals surface area contributed by atoms with Crippen molar-refractivity contribution in [2.45, 2.75) is 58.1 Å². The molecule has 0 heterocycles. The van der Waals surface area contributed by atoms with Crippen LogP contribution in [0, 0.1) is 5.92 Å². The maximum Gasteiger partial charge on any atom is 0.409 e. The van der Waals surface area contributed by atoms with Gasteiger partial charge in [-0.25, -0.2) is 14.4 Å². The molecular weight excluding hydrogens is 422 g/mol. The number of aliphatic carboxylic acids is 1. The molecule has 33 heavy (non-hydrogen) atoms. The van der Waals surface area contributed by atoms with E-state index in [2.05, 4.69) is 5.32 Å². The highest BCUT2D eigenvalue weighted by Gasteiger charge is 2.51. The fourth-order valence-corrected chi connectivity index (χ4v) is 4.23. The van der Waals surface area contributed by atoms with Crippen molar-refractivity contribution in [3.8, 4) is 11.1 Å². The monoisotopic (exact) mass is 453 g/mol. The van der Waals surface area contributed by atoms with E-state index in [0.717, 1.165) is 22.3 Å². The lowest BCUT2D eigenvalue weighted by molar-refractivity contribution is -0.164. The van der Waals surface area contributed by atoms with E-state index in [1.807, 2.05) is 48.5 Å². The van der Waals surface area contributed by atoms with E-state index in [4.69, 9.17) is 9.47 Å². The Labute approximate surface area is 194 Å². The molecule has 1 atom stereocenters. The zero-order valence-corrected chi connectivity index (χ0v) is 19.7. The minimum Gasteiger partial charge on any atom is -0.479 e. The molecule has 1 aliphatic carbocycles. The summed E-state index contributed by atoms with van der Waals surface area (Å²) in [5.41, 5.74) is 1.04. The Morgan fingerprint density at radius 1 is 0.970 bits per heavy atom. The van der Waals surface area contributed by atoms with Gasteiger partial charge in [0.05, 0.1) is 0 Å². The summed E-state index contributed by atoms with van der Waals surface area (Å²) in [6.07, 6.45) is -1.13. The van der Waals surface area contributed by atoms with E-state index < -0.39 is 29.2 Å². The average Bonchev–Trinajstić information content (AvgIpc) is 3.03. The number of carbonyl (C=O) groups is 3. The van der Waals surface area contributed by atoms with Gasteiger partial charge in [-0.15, -0.1) is 0 Å². The first-order valence-electron chi connectivity index (χ1n) is 11.0. The molecule has 7 heteroatoms. The summed E-state index contributed by atoms with van der Waals surface area (Å²) in [6, 6.07) is 15.7. The number of ether oxygens (including phenoxy) is 2. The fourth-order valence-electron chi connectivity index (χ4n) is 4.23. The topological polar surface area (TPSA) is 102 Å². The number of carboxylic acids is 1. The highest BCUT2D eigenvalue weighted by molar-refractivity contribution is 6.06. The summed E-state index contributed by atoms with van der Waals surface area (Å²) < 4.78 is 10.8. The van der Waals surface area contributed by atoms with E-state index in [9.17, 15) is 19.5 Å². The number of esters is 1. The van der Waals surface area contributed by atoms with Crippen molar-refractivity contribution in [1.82, 2.24) is 5.32 Å². The summed E-state index contributed by atoms with van der Waals surface area (Å²) in [6.45, 7) is 8.47. The van der Waals surface area contributed by atoms with Crippen molar-refractivity contribution >= 4 is 18.0 Å². The summed E-state index contributed by atoms with van der Waals surface area (Å²) in [5.74, 6) is -2.94. The SMILES string of the molecule is CC(C)C[C@](NC(=O)OC(C)(C)C)(C(=O)O)C(=O)OCC1c2ccccc2-c2ccccc21. The molecule has 0 unspecified atom stereocenters. The zero-order valence-electron chi connectivity index (χ0n) is 19.7.